The number of aryl methyl sites for hydroxylation is 1. The molecule has 0 heterocycles. The number of hydrogen-bond donors (Lipinski definition) is 0. The molecule has 0 amide bonds. The molecule has 2 rings (SSSR count). The van der Waals surface area contributed by atoms with Crippen molar-refractivity contribution >= 4 is 0 Å². The van der Waals surface area contributed by atoms with E-state index in [-0.39, 0.29) is 0 Å². The molecule has 1 aromatic rings. The van der Waals surface area contributed by atoms with Gasteiger partial charge in [-0.3, -0.25) is 0 Å². The van der Waals surface area contributed by atoms with Gasteiger partial charge in [0.2, 0.25) is 0 Å². The first-order valence-corrected chi connectivity index (χ1v) is 7.13. The molecule has 100 valence electrons. The zero-order valence-electron chi connectivity index (χ0n) is 11.1. The van der Waals surface area contributed by atoms with E-state index in [0.717, 1.165) is 30.2 Å². The fourth-order valence-corrected chi connectivity index (χ4v) is 2.99. The van der Waals surface area contributed by atoms with E-state index in [4.69, 9.17) is 0 Å². The van der Waals surface area contributed by atoms with Gasteiger partial charge < -0.3 is 0 Å². The summed E-state index contributed by atoms with van der Waals surface area (Å²) in [5.41, 5.74) is 0.923. The van der Waals surface area contributed by atoms with Gasteiger partial charge in [0.25, 0.3) is 0 Å². The molecule has 1 fully saturated rings. The number of halogens is 2. The van der Waals surface area contributed by atoms with Crippen LogP contribution in [0.3, 0.4) is 0 Å². The molecule has 0 saturated heterocycles. The lowest BCUT2D eigenvalue weighted by Crippen LogP contribution is -2.14. The molecule has 0 N–H and O–H groups in total. The van der Waals surface area contributed by atoms with Crippen molar-refractivity contribution < 1.29 is 8.78 Å². The van der Waals surface area contributed by atoms with Gasteiger partial charge in [0.15, 0.2) is 11.6 Å². The van der Waals surface area contributed by atoms with Crippen molar-refractivity contribution in [1.82, 2.24) is 0 Å². The quantitative estimate of drug-likeness (QED) is 0.698. The standard InChI is InChI=1S/C16H22F2/c1-2-12-3-5-13(6-4-12)7-8-14-9-10-15(17)16(18)11-14/h9-13H,2-8H2,1H3/t12-,13-. The van der Waals surface area contributed by atoms with E-state index in [2.05, 4.69) is 6.92 Å². The van der Waals surface area contributed by atoms with Gasteiger partial charge in [-0.1, -0.05) is 45.1 Å². The smallest absolute Gasteiger partial charge is 0.159 e. The fourth-order valence-electron chi connectivity index (χ4n) is 2.99. The molecule has 0 unspecified atom stereocenters. The lowest BCUT2D eigenvalue weighted by molar-refractivity contribution is 0.258. The van der Waals surface area contributed by atoms with Gasteiger partial charge in [-0.15, -0.1) is 0 Å². The topological polar surface area (TPSA) is 0 Å². The zero-order chi connectivity index (χ0) is 13.0. The Labute approximate surface area is 108 Å². The molecule has 0 nitrogen and oxygen atoms in total. The summed E-state index contributed by atoms with van der Waals surface area (Å²) in [4.78, 5) is 0. The van der Waals surface area contributed by atoms with E-state index in [1.54, 1.807) is 6.07 Å². The summed E-state index contributed by atoms with van der Waals surface area (Å²) in [6.07, 6.45) is 8.60. The van der Waals surface area contributed by atoms with E-state index >= 15 is 0 Å². The van der Waals surface area contributed by atoms with E-state index in [0.29, 0.717) is 0 Å². The van der Waals surface area contributed by atoms with Gasteiger partial charge in [0, 0.05) is 0 Å². The van der Waals surface area contributed by atoms with Crippen molar-refractivity contribution in [2.75, 3.05) is 0 Å². The lowest BCUT2D eigenvalue weighted by Gasteiger charge is -2.27. The van der Waals surface area contributed by atoms with Crippen LogP contribution in [0.25, 0.3) is 0 Å². The van der Waals surface area contributed by atoms with Crippen molar-refractivity contribution in [3.63, 3.8) is 0 Å². The summed E-state index contributed by atoms with van der Waals surface area (Å²) < 4.78 is 25.9. The fraction of sp³-hybridized carbons (Fsp3) is 0.625. The van der Waals surface area contributed by atoms with Gasteiger partial charge in [-0.2, -0.15) is 0 Å². The van der Waals surface area contributed by atoms with Crippen LogP contribution in [0.15, 0.2) is 18.2 Å². The Morgan fingerprint density at radius 2 is 1.67 bits per heavy atom. The average molecular weight is 252 g/mol. The minimum Gasteiger partial charge on any atom is -0.204 e. The monoisotopic (exact) mass is 252 g/mol. The van der Waals surface area contributed by atoms with Crippen molar-refractivity contribution in [1.29, 1.82) is 0 Å². The Morgan fingerprint density at radius 3 is 2.28 bits per heavy atom. The van der Waals surface area contributed by atoms with Gasteiger partial charge in [-0.05, 0) is 42.4 Å². The van der Waals surface area contributed by atoms with Crippen LogP contribution in [0.4, 0.5) is 8.78 Å². The van der Waals surface area contributed by atoms with E-state index < -0.39 is 11.6 Å². The van der Waals surface area contributed by atoms with Gasteiger partial charge in [0.05, 0.1) is 0 Å². The maximum Gasteiger partial charge on any atom is 0.159 e. The molecule has 1 aliphatic rings. The van der Waals surface area contributed by atoms with Crippen LogP contribution in [-0.4, -0.2) is 0 Å². The summed E-state index contributed by atoms with van der Waals surface area (Å²) in [5, 5.41) is 0. The first-order chi connectivity index (χ1) is 8.69. The van der Waals surface area contributed by atoms with E-state index in [1.165, 1.54) is 44.2 Å². The predicted octanol–water partition coefficient (Wildman–Crippen LogP) is 5.11. The molecule has 1 saturated carbocycles. The Kier molecular flexibility index (Phi) is 4.73. The third kappa shape index (κ3) is 3.54. The van der Waals surface area contributed by atoms with Gasteiger partial charge in [0.1, 0.15) is 0 Å². The number of rotatable bonds is 4. The highest BCUT2D eigenvalue weighted by Gasteiger charge is 2.19. The zero-order valence-corrected chi connectivity index (χ0v) is 11.1. The maximum absolute atomic E-state index is 13.1. The summed E-state index contributed by atoms with van der Waals surface area (Å²) in [6.45, 7) is 2.27. The van der Waals surface area contributed by atoms with Crippen molar-refractivity contribution in [2.45, 2.75) is 51.9 Å². The highest BCUT2D eigenvalue weighted by molar-refractivity contribution is 5.17. The molecule has 18 heavy (non-hydrogen) atoms. The summed E-state index contributed by atoms with van der Waals surface area (Å²) in [5.74, 6) is 0.231. The van der Waals surface area contributed by atoms with Gasteiger partial charge >= 0.3 is 0 Å². The molecule has 1 aromatic carbocycles. The molecular weight excluding hydrogens is 230 g/mol. The maximum atomic E-state index is 13.1. The van der Waals surface area contributed by atoms with E-state index in [1.807, 2.05) is 0 Å². The Morgan fingerprint density at radius 1 is 1.00 bits per heavy atom. The normalized spacial score (nSPS) is 24.2. The first kappa shape index (κ1) is 13.5. The summed E-state index contributed by atoms with van der Waals surface area (Å²) >= 11 is 0. The molecule has 2 heteroatoms. The van der Waals surface area contributed by atoms with Crippen LogP contribution < -0.4 is 0 Å². The molecule has 0 aliphatic heterocycles. The second-order valence-electron chi connectivity index (χ2n) is 5.58. The minimum absolute atomic E-state index is 0.720. The number of hydrogen-bond acceptors (Lipinski definition) is 0. The second-order valence-corrected chi connectivity index (χ2v) is 5.58. The van der Waals surface area contributed by atoms with E-state index in [9.17, 15) is 8.78 Å². The van der Waals surface area contributed by atoms with Crippen LogP contribution in [0, 0.1) is 23.5 Å². The van der Waals surface area contributed by atoms with Crippen molar-refractivity contribution in [3.8, 4) is 0 Å². The largest absolute Gasteiger partial charge is 0.204 e. The van der Waals surface area contributed by atoms with Crippen LogP contribution in [0.5, 0.6) is 0 Å². The van der Waals surface area contributed by atoms with Crippen LogP contribution in [-0.2, 0) is 6.42 Å². The third-order valence-corrected chi connectivity index (χ3v) is 4.37. The molecule has 0 radical (unpaired) electrons. The Hall–Kier alpha value is -0.920. The second kappa shape index (κ2) is 6.31. The minimum atomic E-state index is -0.748. The molecule has 0 aromatic heterocycles. The van der Waals surface area contributed by atoms with Crippen molar-refractivity contribution in [3.05, 3.63) is 35.4 Å². The Balaban J connectivity index is 1.79. The summed E-state index contributed by atoms with van der Waals surface area (Å²) in [6, 6.07) is 4.28. The van der Waals surface area contributed by atoms with Crippen LogP contribution in [0.1, 0.15) is 51.0 Å². The highest BCUT2D eigenvalue weighted by atomic mass is 19.2. The van der Waals surface area contributed by atoms with Crippen LogP contribution in [0.2, 0.25) is 0 Å². The molecule has 0 spiro atoms. The lowest BCUT2D eigenvalue weighted by atomic mass is 9.78. The third-order valence-electron chi connectivity index (χ3n) is 4.37. The number of benzene rings is 1. The van der Waals surface area contributed by atoms with Crippen LogP contribution >= 0.6 is 0 Å². The molecule has 0 bridgehead atoms. The average Bonchev–Trinajstić information content (AvgIpc) is 2.41. The molecular formula is C16H22F2. The summed E-state index contributed by atoms with van der Waals surface area (Å²) in [7, 11) is 0. The van der Waals surface area contributed by atoms with Gasteiger partial charge in [-0.25, -0.2) is 8.78 Å². The SMILES string of the molecule is CC[C@H]1CC[C@H](CCc2ccc(F)c(F)c2)CC1. The predicted molar refractivity (Wildman–Crippen MR) is 70.4 cm³/mol. The van der Waals surface area contributed by atoms with Crippen molar-refractivity contribution in [2.24, 2.45) is 11.8 Å². The first-order valence-electron chi connectivity index (χ1n) is 7.13. The molecule has 0 atom stereocenters. The highest BCUT2D eigenvalue weighted by Crippen LogP contribution is 2.33. The Bertz CT molecular complexity index is 379. The molecule has 1 aliphatic carbocycles.